The van der Waals surface area contributed by atoms with E-state index in [9.17, 15) is 0 Å². The van der Waals surface area contributed by atoms with Gasteiger partial charge in [0, 0.05) is 0 Å². The molecular formula is C7H10N6. The third-order valence-electron chi connectivity index (χ3n) is 1.12. The Morgan fingerprint density at radius 3 is 1.85 bits per heavy atom. The molecule has 0 fully saturated rings. The second kappa shape index (κ2) is 4.05. The number of anilines is 3. The molecule has 0 aromatic carbocycles. The zero-order valence-electron chi connectivity index (χ0n) is 6.99. The van der Waals surface area contributed by atoms with Crippen molar-refractivity contribution in [2.75, 3.05) is 16.4 Å². The summed E-state index contributed by atoms with van der Waals surface area (Å²) in [6, 6.07) is 0. The van der Waals surface area contributed by atoms with Crippen molar-refractivity contribution < 1.29 is 0 Å². The van der Waals surface area contributed by atoms with Crippen LogP contribution in [0.15, 0.2) is 25.6 Å². The van der Waals surface area contributed by atoms with Crippen LogP contribution in [-0.2, 0) is 0 Å². The van der Waals surface area contributed by atoms with Crippen molar-refractivity contribution in [3.05, 3.63) is 25.6 Å². The van der Waals surface area contributed by atoms with Gasteiger partial charge in [0.2, 0.25) is 17.8 Å². The molecule has 1 aromatic heterocycles. The molecule has 0 amide bonds. The predicted molar refractivity (Wildman–Crippen MR) is 51.9 cm³/mol. The Bertz CT molecular complexity index is 293. The molecule has 1 rings (SSSR count). The van der Waals surface area contributed by atoms with E-state index >= 15 is 0 Å². The van der Waals surface area contributed by atoms with Crippen molar-refractivity contribution >= 4 is 17.8 Å². The van der Waals surface area contributed by atoms with Crippen molar-refractivity contribution in [3.63, 3.8) is 0 Å². The first-order valence-electron chi connectivity index (χ1n) is 3.52. The first-order valence-corrected chi connectivity index (χ1v) is 3.52. The molecule has 6 nitrogen and oxygen atoms in total. The van der Waals surface area contributed by atoms with Crippen LogP contribution in [0.5, 0.6) is 0 Å². The first-order chi connectivity index (χ1) is 6.26. The molecule has 68 valence electrons. The number of nitrogens with two attached hydrogens (primary N) is 1. The lowest BCUT2D eigenvalue weighted by atomic mass is 10.8. The van der Waals surface area contributed by atoms with Crippen LogP contribution in [0.2, 0.25) is 0 Å². The average Bonchev–Trinajstić information content (AvgIpc) is 2.04. The Kier molecular flexibility index (Phi) is 2.80. The third-order valence-corrected chi connectivity index (χ3v) is 1.12. The molecular weight excluding hydrogens is 168 g/mol. The highest BCUT2D eigenvalue weighted by Crippen LogP contribution is 2.05. The SMILES string of the molecule is C=CNc1nc(N)nc(NC=C)n1. The van der Waals surface area contributed by atoms with Crippen molar-refractivity contribution in [2.45, 2.75) is 0 Å². The van der Waals surface area contributed by atoms with Gasteiger partial charge in [-0.1, -0.05) is 13.2 Å². The fraction of sp³-hybridized carbons (Fsp3) is 0. The van der Waals surface area contributed by atoms with Gasteiger partial charge in [-0.2, -0.15) is 15.0 Å². The molecule has 4 N–H and O–H groups in total. The summed E-state index contributed by atoms with van der Waals surface area (Å²) >= 11 is 0. The standard InChI is InChI=1S/C7H10N6/c1-3-9-6-11-5(8)12-7(13-6)10-4-2/h3-4H,1-2H2,(H4,8,9,10,11,12,13). The van der Waals surface area contributed by atoms with Crippen LogP contribution >= 0.6 is 0 Å². The number of hydrogen-bond acceptors (Lipinski definition) is 6. The summed E-state index contributed by atoms with van der Waals surface area (Å²) in [6.45, 7) is 6.94. The molecule has 0 saturated carbocycles. The summed E-state index contributed by atoms with van der Waals surface area (Å²) in [6.07, 6.45) is 2.90. The average molecular weight is 178 g/mol. The Balaban J connectivity index is 2.95. The second-order valence-corrected chi connectivity index (χ2v) is 2.04. The molecule has 1 heterocycles. The topological polar surface area (TPSA) is 88.8 Å². The Morgan fingerprint density at radius 2 is 1.46 bits per heavy atom. The van der Waals surface area contributed by atoms with Gasteiger partial charge in [0.25, 0.3) is 0 Å². The molecule has 0 atom stereocenters. The fourth-order valence-corrected chi connectivity index (χ4v) is 0.704. The molecule has 0 spiro atoms. The number of nitrogens with zero attached hydrogens (tertiary/aromatic N) is 3. The van der Waals surface area contributed by atoms with Gasteiger partial charge < -0.3 is 16.4 Å². The Hall–Kier alpha value is -2.11. The van der Waals surface area contributed by atoms with Gasteiger partial charge in [-0.3, -0.25) is 0 Å². The highest BCUT2D eigenvalue weighted by Gasteiger charge is 2.00. The van der Waals surface area contributed by atoms with Gasteiger partial charge in [-0.15, -0.1) is 0 Å². The summed E-state index contributed by atoms with van der Waals surface area (Å²) in [5.41, 5.74) is 5.41. The van der Waals surface area contributed by atoms with Crippen LogP contribution in [0, 0.1) is 0 Å². The second-order valence-electron chi connectivity index (χ2n) is 2.04. The van der Waals surface area contributed by atoms with Gasteiger partial charge in [0.05, 0.1) is 0 Å². The van der Waals surface area contributed by atoms with Crippen LogP contribution < -0.4 is 16.4 Å². The van der Waals surface area contributed by atoms with Gasteiger partial charge in [0.15, 0.2) is 0 Å². The van der Waals surface area contributed by atoms with E-state index in [4.69, 9.17) is 5.73 Å². The van der Waals surface area contributed by atoms with E-state index in [1.165, 1.54) is 12.4 Å². The van der Waals surface area contributed by atoms with E-state index in [0.29, 0.717) is 11.9 Å². The molecule has 1 aromatic rings. The maximum Gasteiger partial charge on any atom is 0.233 e. The van der Waals surface area contributed by atoms with Crippen LogP contribution in [0.4, 0.5) is 17.8 Å². The van der Waals surface area contributed by atoms with Crippen LogP contribution in [0.3, 0.4) is 0 Å². The molecule has 0 radical (unpaired) electrons. The lowest BCUT2D eigenvalue weighted by Crippen LogP contribution is -2.05. The van der Waals surface area contributed by atoms with E-state index in [0.717, 1.165) is 0 Å². The molecule has 0 unspecified atom stereocenters. The van der Waals surface area contributed by atoms with Gasteiger partial charge >= 0.3 is 0 Å². The summed E-state index contributed by atoms with van der Waals surface area (Å²) in [7, 11) is 0. The monoisotopic (exact) mass is 178 g/mol. The minimum Gasteiger partial charge on any atom is -0.368 e. The molecule has 0 saturated heterocycles. The highest BCUT2D eigenvalue weighted by atomic mass is 15.2. The summed E-state index contributed by atoms with van der Waals surface area (Å²) in [5.74, 6) is 0.808. The van der Waals surface area contributed by atoms with Gasteiger partial charge in [-0.05, 0) is 12.4 Å². The van der Waals surface area contributed by atoms with E-state index in [-0.39, 0.29) is 5.95 Å². The maximum absolute atomic E-state index is 5.41. The lowest BCUT2D eigenvalue weighted by molar-refractivity contribution is 1.07. The van der Waals surface area contributed by atoms with E-state index in [1.807, 2.05) is 0 Å². The normalized spacial score (nSPS) is 8.92. The zero-order chi connectivity index (χ0) is 9.68. The summed E-state index contributed by atoms with van der Waals surface area (Å²) in [5, 5.41) is 5.39. The van der Waals surface area contributed by atoms with Crippen molar-refractivity contribution in [1.82, 2.24) is 15.0 Å². The van der Waals surface area contributed by atoms with E-state index in [1.54, 1.807) is 0 Å². The molecule has 6 heteroatoms. The van der Waals surface area contributed by atoms with Crippen LogP contribution in [0.1, 0.15) is 0 Å². The molecule has 0 aliphatic carbocycles. The first kappa shape index (κ1) is 8.98. The van der Waals surface area contributed by atoms with Crippen LogP contribution in [-0.4, -0.2) is 15.0 Å². The van der Waals surface area contributed by atoms with Crippen LogP contribution in [0.25, 0.3) is 0 Å². The Morgan fingerprint density at radius 1 is 1.00 bits per heavy atom. The minimum absolute atomic E-state index is 0.128. The smallest absolute Gasteiger partial charge is 0.233 e. The van der Waals surface area contributed by atoms with Gasteiger partial charge in [0.1, 0.15) is 0 Å². The predicted octanol–water partition coefficient (Wildman–Crippen LogP) is 0.565. The fourth-order valence-electron chi connectivity index (χ4n) is 0.704. The maximum atomic E-state index is 5.41. The number of nitrogen functional groups attached to an aromatic ring is 1. The Labute approximate surface area is 75.6 Å². The molecule has 13 heavy (non-hydrogen) atoms. The molecule has 0 aliphatic heterocycles. The highest BCUT2D eigenvalue weighted by molar-refractivity contribution is 5.42. The number of nitrogens with one attached hydrogen (secondary N) is 2. The van der Waals surface area contributed by atoms with Crippen molar-refractivity contribution in [1.29, 1.82) is 0 Å². The molecule has 0 aliphatic rings. The number of aromatic nitrogens is 3. The summed E-state index contributed by atoms with van der Waals surface area (Å²) in [4.78, 5) is 11.6. The number of hydrogen-bond donors (Lipinski definition) is 3. The van der Waals surface area contributed by atoms with Gasteiger partial charge in [-0.25, -0.2) is 0 Å². The van der Waals surface area contributed by atoms with Crippen molar-refractivity contribution in [3.8, 4) is 0 Å². The minimum atomic E-state index is 0.128. The summed E-state index contributed by atoms with van der Waals surface area (Å²) < 4.78 is 0. The van der Waals surface area contributed by atoms with Crippen molar-refractivity contribution in [2.24, 2.45) is 0 Å². The number of rotatable bonds is 4. The van der Waals surface area contributed by atoms with E-state index < -0.39 is 0 Å². The third kappa shape index (κ3) is 2.44. The van der Waals surface area contributed by atoms with E-state index in [2.05, 4.69) is 38.7 Å². The zero-order valence-corrected chi connectivity index (χ0v) is 6.99. The largest absolute Gasteiger partial charge is 0.368 e. The molecule has 0 bridgehead atoms. The quantitative estimate of drug-likeness (QED) is 0.624. The lowest BCUT2D eigenvalue weighted by Gasteiger charge is -2.02.